The molecule has 1 aliphatic rings. The summed E-state index contributed by atoms with van der Waals surface area (Å²) < 4.78 is 6.99. The number of aromatic nitrogens is 3. The molecule has 3 heterocycles. The molecule has 0 bridgehead atoms. The van der Waals surface area contributed by atoms with Crippen molar-refractivity contribution >= 4 is 16.9 Å². The first-order chi connectivity index (χ1) is 14.0. The van der Waals surface area contributed by atoms with Gasteiger partial charge in [-0.1, -0.05) is 31.1 Å². The normalized spacial score (nSPS) is 15.3. The van der Waals surface area contributed by atoms with Crippen LogP contribution in [0.25, 0.3) is 11.0 Å². The molecule has 2 aromatic heterocycles. The summed E-state index contributed by atoms with van der Waals surface area (Å²) in [6, 6.07) is 9.22. The van der Waals surface area contributed by atoms with Gasteiger partial charge in [0.2, 0.25) is 5.91 Å². The Balaban J connectivity index is 1.33. The summed E-state index contributed by atoms with van der Waals surface area (Å²) in [5.41, 5.74) is 2.22. The molecule has 7 heteroatoms. The fourth-order valence-corrected chi connectivity index (χ4v) is 3.86. The summed E-state index contributed by atoms with van der Waals surface area (Å²) in [6.07, 6.45) is 3.67. The van der Waals surface area contributed by atoms with E-state index in [0.717, 1.165) is 23.9 Å². The highest BCUT2D eigenvalue weighted by Crippen LogP contribution is 2.22. The SMILES string of the molecule is CC(C)c1cc(=O)n(CC2CCN(C(=O)Cc3noc4ccccc34)CC2)cn1. The molecule has 0 atom stereocenters. The minimum Gasteiger partial charge on any atom is -0.356 e. The molecular formula is C22H26N4O3. The molecule has 0 saturated carbocycles. The zero-order chi connectivity index (χ0) is 20.4. The van der Waals surface area contributed by atoms with E-state index in [1.54, 1.807) is 17.0 Å². The Morgan fingerprint density at radius 1 is 1.24 bits per heavy atom. The first-order valence-corrected chi connectivity index (χ1v) is 10.2. The van der Waals surface area contributed by atoms with Crippen LogP contribution in [0.5, 0.6) is 0 Å². The molecule has 7 nitrogen and oxygen atoms in total. The molecule has 1 aromatic carbocycles. The van der Waals surface area contributed by atoms with Gasteiger partial charge in [0, 0.05) is 31.1 Å². The molecule has 1 saturated heterocycles. The van der Waals surface area contributed by atoms with Crippen LogP contribution in [0.15, 0.2) is 46.0 Å². The molecule has 0 radical (unpaired) electrons. The van der Waals surface area contributed by atoms with E-state index in [-0.39, 0.29) is 23.8 Å². The maximum atomic E-state index is 12.7. The van der Waals surface area contributed by atoms with Crippen LogP contribution >= 0.6 is 0 Å². The van der Waals surface area contributed by atoms with Gasteiger partial charge in [0.1, 0.15) is 5.69 Å². The van der Waals surface area contributed by atoms with Crippen LogP contribution in [0.1, 0.15) is 44.0 Å². The van der Waals surface area contributed by atoms with E-state index < -0.39 is 0 Å². The van der Waals surface area contributed by atoms with Gasteiger partial charge in [-0.15, -0.1) is 0 Å². The molecule has 4 rings (SSSR count). The van der Waals surface area contributed by atoms with Crippen molar-refractivity contribution < 1.29 is 9.32 Å². The highest BCUT2D eigenvalue weighted by molar-refractivity contribution is 5.86. The Morgan fingerprint density at radius 3 is 2.72 bits per heavy atom. The Morgan fingerprint density at radius 2 is 2.00 bits per heavy atom. The van der Waals surface area contributed by atoms with E-state index >= 15 is 0 Å². The smallest absolute Gasteiger partial charge is 0.253 e. The lowest BCUT2D eigenvalue weighted by atomic mass is 9.96. The second-order valence-corrected chi connectivity index (χ2v) is 8.09. The second-order valence-electron chi connectivity index (χ2n) is 8.09. The monoisotopic (exact) mass is 394 g/mol. The van der Waals surface area contributed by atoms with Crippen LogP contribution in [0.4, 0.5) is 0 Å². The number of piperidine rings is 1. The molecule has 1 aliphatic heterocycles. The van der Waals surface area contributed by atoms with E-state index in [1.165, 1.54) is 0 Å². The van der Waals surface area contributed by atoms with Crippen LogP contribution in [-0.2, 0) is 17.8 Å². The summed E-state index contributed by atoms with van der Waals surface area (Å²) >= 11 is 0. The van der Waals surface area contributed by atoms with Gasteiger partial charge in [-0.2, -0.15) is 0 Å². The minimum absolute atomic E-state index is 0.000108. The number of carbonyl (C=O) groups excluding carboxylic acids is 1. The van der Waals surface area contributed by atoms with Gasteiger partial charge >= 0.3 is 0 Å². The van der Waals surface area contributed by atoms with Crippen molar-refractivity contribution in [2.45, 2.75) is 45.6 Å². The summed E-state index contributed by atoms with van der Waals surface area (Å²) in [7, 11) is 0. The number of rotatable bonds is 5. The van der Waals surface area contributed by atoms with Gasteiger partial charge in [-0.3, -0.25) is 14.2 Å². The summed E-state index contributed by atoms with van der Waals surface area (Å²) in [5, 5.41) is 4.96. The third kappa shape index (κ3) is 4.23. The predicted octanol–water partition coefficient (Wildman–Crippen LogP) is 2.99. The van der Waals surface area contributed by atoms with Crippen molar-refractivity contribution in [3.05, 3.63) is 58.4 Å². The van der Waals surface area contributed by atoms with Crippen molar-refractivity contribution in [2.24, 2.45) is 5.92 Å². The zero-order valence-corrected chi connectivity index (χ0v) is 16.9. The van der Waals surface area contributed by atoms with Crippen LogP contribution in [0.3, 0.4) is 0 Å². The minimum atomic E-state index is 0.000108. The number of hydrogen-bond donors (Lipinski definition) is 0. The number of hydrogen-bond acceptors (Lipinski definition) is 5. The van der Waals surface area contributed by atoms with Crippen molar-refractivity contribution in [3.8, 4) is 0 Å². The standard InChI is InChI=1S/C22H26N4O3/c1-15(2)18-11-22(28)26(14-23-18)13-16-7-9-25(10-8-16)21(27)12-19-17-5-3-4-6-20(17)29-24-19/h3-6,11,14-16H,7-10,12-13H2,1-2H3. The average Bonchev–Trinajstić information content (AvgIpc) is 3.13. The Hall–Kier alpha value is -2.96. The average molecular weight is 394 g/mol. The summed E-state index contributed by atoms with van der Waals surface area (Å²) in [4.78, 5) is 31.3. The van der Waals surface area contributed by atoms with Crippen molar-refractivity contribution in [3.63, 3.8) is 0 Å². The lowest BCUT2D eigenvalue weighted by molar-refractivity contribution is -0.132. The summed E-state index contributed by atoms with van der Waals surface area (Å²) in [6.45, 7) is 6.11. The second kappa shape index (κ2) is 8.19. The Kier molecular flexibility index (Phi) is 5.47. The number of fused-ring (bicyclic) bond motifs is 1. The van der Waals surface area contributed by atoms with Crippen LogP contribution in [0.2, 0.25) is 0 Å². The van der Waals surface area contributed by atoms with Gasteiger partial charge in [-0.25, -0.2) is 4.98 Å². The Labute approximate surface area is 169 Å². The molecule has 29 heavy (non-hydrogen) atoms. The largest absolute Gasteiger partial charge is 0.356 e. The molecule has 152 valence electrons. The van der Waals surface area contributed by atoms with E-state index in [0.29, 0.717) is 36.8 Å². The molecule has 0 spiro atoms. The zero-order valence-electron chi connectivity index (χ0n) is 16.9. The molecule has 0 N–H and O–H groups in total. The number of amides is 1. The van der Waals surface area contributed by atoms with E-state index in [9.17, 15) is 9.59 Å². The van der Waals surface area contributed by atoms with Crippen molar-refractivity contribution in [2.75, 3.05) is 13.1 Å². The number of carbonyl (C=O) groups is 1. The van der Waals surface area contributed by atoms with E-state index in [1.807, 2.05) is 43.0 Å². The van der Waals surface area contributed by atoms with Crippen LogP contribution < -0.4 is 5.56 Å². The molecule has 3 aromatic rings. The summed E-state index contributed by atoms with van der Waals surface area (Å²) in [5.74, 6) is 0.687. The van der Waals surface area contributed by atoms with Gasteiger partial charge in [-0.05, 0) is 36.8 Å². The highest BCUT2D eigenvalue weighted by Gasteiger charge is 2.24. The van der Waals surface area contributed by atoms with Crippen LogP contribution in [-0.4, -0.2) is 38.6 Å². The van der Waals surface area contributed by atoms with Gasteiger partial charge in [0.05, 0.1) is 18.4 Å². The lowest BCUT2D eigenvalue weighted by Crippen LogP contribution is -2.40. The van der Waals surface area contributed by atoms with E-state index in [4.69, 9.17) is 4.52 Å². The van der Waals surface area contributed by atoms with Crippen molar-refractivity contribution in [1.82, 2.24) is 19.6 Å². The van der Waals surface area contributed by atoms with Gasteiger partial charge in [0.25, 0.3) is 5.56 Å². The predicted molar refractivity (Wildman–Crippen MR) is 110 cm³/mol. The maximum absolute atomic E-state index is 12.7. The lowest BCUT2D eigenvalue weighted by Gasteiger charge is -2.32. The first-order valence-electron chi connectivity index (χ1n) is 10.2. The number of benzene rings is 1. The topological polar surface area (TPSA) is 81.2 Å². The Bertz CT molecular complexity index is 1060. The van der Waals surface area contributed by atoms with E-state index in [2.05, 4.69) is 10.1 Å². The van der Waals surface area contributed by atoms with Crippen molar-refractivity contribution in [1.29, 1.82) is 0 Å². The maximum Gasteiger partial charge on any atom is 0.253 e. The number of para-hydroxylation sites is 1. The quantitative estimate of drug-likeness (QED) is 0.664. The third-order valence-electron chi connectivity index (χ3n) is 5.69. The third-order valence-corrected chi connectivity index (χ3v) is 5.69. The fraction of sp³-hybridized carbons (Fsp3) is 0.455. The molecule has 1 amide bonds. The van der Waals surface area contributed by atoms with Gasteiger partial charge < -0.3 is 9.42 Å². The number of likely N-dealkylation sites (tertiary alicyclic amines) is 1. The van der Waals surface area contributed by atoms with Gasteiger partial charge in [0.15, 0.2) is 5.58 Å². The molecule has 0 aliphatic carbocycles. The first kappa shape index (κ1) is 19.4. The molecule has 1 fully saturated rings. The number of nitrogens with zero attached hydrogens (tertiary/aromatic N) is 4. The molecule has 0 unspecified atom stereocenters. The fourth-order valence-electron chi connectivity index (χ4n) is 3.86. The molecular weight excluding hydrogens is 368 g/mol. The highest BCUT2D eigenvalue weighted by atomic mass is 16.5. The van der Waals surface area contributed by atoms with Crippen LogP contribution in [0, 0.1) is 5.92 Å².